The molecule has 1 aromatic heterocycles. The molecule has 1 aromatic carbocycles. The largest absolute Gasteiger partial charge is 0.339 e. The quantitative estimate of drug-likeness (QED) is 0.452. The first-order valence-corrected chi connectivity index (χ1v) is 11.9. The van der Waals surface area contributed by atoms with Crippen molar-refractivity contribution in [3.8, 4) is 0 Å². The molecule has 162 valence electrons. The summed E-state index contributed by atoms with van der Waals surface area (Å²) < 4.78 is 28.7. The number of hydrogen-bond donors (Lipinski definition) is 0. The zero-order chi connectivity index (χ0) is 21.9. The molecule has 0 radical (unpaired) electrons. The minimum Gasteiger partial charge on any atom is -0.339 e. The first-order valence-electron chi connectivity index (χ1n) is 9.49. The van der Waals surface area contributed by atoms with Crippen LogP contribution in [0.1, 0.15) is 37.2 Å². The summed E-state index contributed by atoms with van der Waals surface area (Å²) in [5, 5.41) is 12.1. The fourth-order valence-electron chi connectivity index (χ4n) is 3.01. The number of ketones is 1. The van der Waals surface area contributed by atoms with Crippen LogP contribution in [0, 0.1) is 0 Å². The molecule has 0 spiro atoms. The molecular formula is C18H24N6O4S2. The molecule has 10 nitrogen and oxygen atoms in total. The fraction of sp³-hybridized carbons (Fsp3) is 0.500. The van der Waals surface area contributed by atoms with E-state index in [0.717, 1.165) is 0 Å². The zero-order valence-electron chi connectivity index (χ0n) is 17.1. The normalized spacial score (nSPS) is 15.5. The number of benzene rings is 1. The molecule has 1 aliphatic rings. The summed E-state index contributed by atoms with van der Waals surface area (Å²) in [5.74, 6) is -0.0145. The highest BCUT2D eigenvalue weighted by Gasteiger charge is 2.30. The number of carbonyl (C=O) groups excluding carboxylic acids is 2. The maximum absolute atomic E-state index is 12.8. The number of carbonyl (C=O) groups is 2. The van der Waals surface area contributed by atoms with Crippen LogP contribution in [0.3, 0.4) is 0 Å². The molecule has 1 aliphatic heterocycles. The number of amides is 1. The van der Waals surface area contributed by atoms with E-state index in [4.69, 9.17) is 0 Å². The molecule has 0 unspecified atom stereocenters. The smallest absolute Gasteiger partial charge is 0.243 e. The van der Waals surface area contributed by atoms with Crippen molar-refractivity contribution in [1.29, 1.82) is 0 Å². The van der Waals surface area contributed by atoms with Gasteiger partial charge in [-0.25, -0.2) is 13.1 Å². The van der Waals surface area contributed by atoms with Crippen LogP contribution in [-0.4, -0.2) is 81.5 Å². The number of rotatable bonds is 7. The van der Waals surface area contributed by atoms with E-state index in [1.54, 1.807) is 9.58 Å². The zero-order valence-corrected chi connectivity index (χ0v) is 18.7. The molecule has 1 saturated heterocycles. The monoisotopic (exact) mass is 452 g/mol. The second-order valence-corrected chi connectivity index (χ2v) is 10.0. The third kappa shape index (κ3) is 4.87. The number of Topliss-reactive ketones (excluding diaryl/α,β-unsaturated/α-hetero) is 1. The third-order valence-corrected chi connectivity index (χ3v) is 7.60. The summed E-state index contributed by atoms with van der Waals surface area (Å²) in [6.07, 6.45) is 0. The Labute approximate surface area is 179 Å². The van der Waals surface area contributed by atoms with Crippen LogP contribution in [0.2, 0.25) is 0 Å². The summed E-state index contributed by atoms with van der Waals surface area (Å²) in [6, 6.07) is 6.00. The standard InChI is InChI=1S/C18H24N6O4S2/c1-13(2)24-18(19-20-21-24)29-12-17(26)22-8-10-23(11-9-22)30(27,28)16-6-4-15(5-7-16)14(3)25/h4-7,13H,8-12H2,1-3H3. The van der Waals surface area contributed by atoms with E-state index in [9.17, 15) is 18.0 Å². The van der Waals surface area contributed by atoms with Gasteiger partial charge in [0.15, 0.2) is 5.78 Å². The highest BCUT2D eigenvalue weighted by atomic mass is 32.2. The Morgan fingerprint density at radius 1 is 1.10 bits per heavy atom. The summed E-state index contributed by atoms with van der Waals surface area (Å²) >= 11 is 1.27. The maximum atomic E-state index is 12.8. The van der Waals surface area contributed by atoms with Gasteiger partial charge < -0.3 is 4.90 Å². The van der Waals surface area contributed by atoms with Gasteiger partial charge in [0.05, 0.1) is 16.7 Å². The molecule has 2 heterocycles. The lowest BCUT2D eigenvalue weighted by molar-refractivity contribution is -0.129. The van der Waals surface area contributed by atoms with Crippen LogP contribution >= 0.6 is 11.8 Å². The fourth-order valence-corrected chi connectivity index (χ4v) is 5.34. The summed E-state index contributed by atoms with van der Waals surface area (Å²) in [7, 11) is -3.67. The van der Waals surface area contributed by atoms with E-state index in [0.29, 0.717) is 23.8 Å². The van der Waals surface area contributed by atoms with Crippen molar-refractivity contribution in [3.63, 3.8) is 0 Å². The molecule has 1 fully saturated rings. The Morgan fingerprint density at radius 2 is 1.73 bits per heavy atom. The van der Waals surface area contributed by atoms with Crippen LogP contribution in [0.15, 0.2) is 34.3 Å². The molecule has 30 heavy (non-hydrogen) atoms. The van der Waals surface area contributed by atoms with E-state index in [1.165, 1.54) is 47.3 Å². The summed E-state index contributed by atoms with van der Waals surface area (Å²) in [5.41, 5.74) is 0.463. The Bertz CT molecular complexity index is 1010. The van der Waals surface area contributed by atoms with Crippen molar-refractivity contribution < 1.29 is 18.0 Å². The first-order chi connectivity index (χ1) is 14.2. The molecule has 0 saturated carbocycles. The number of piperazine rings is 1. The highest BCUT2D eigenvalue weighted by molar-refractivity contribution is 7.99. The number of sulfonamides is 1. The number of aromatic nitrogens is 4. The predicted molar refractivity (Wildman–Crippen MR) is 111 cm³/mol. The van der Waals surface area contributed by atoms with Crippen LogP contribution in [0.5, 0.6) is 0 Å². The second kappa shape index (κ2) is 9.23. The van der Waals surface area contributed by atoms with Gasteiger partial charge in [-0.05, 0) is 43.3 Å². The third-order valence-electron chi connectivity index (χ3n) is 4.77. The van der Waals surface area contributed by atoms with Gasteiger partial charge in [0, 0.05) is 31.7 Å². The molecule has 0 N–H and O–H groups in total. The number of tetrazole rings is 1. The van der Waals surface area contributed by atoms with E-state index in [1.807, 2.05) is 13.8 Å². The maximum Gasteiger partial charge on any atom is 0.243 e. The van der Waals surface area contributed by atoms with Gasteiger partial charge in [-0.2, -0.15) is 4.31 Å². The van der Waals surface area contributed by atoms with Crippen molar-refractivity contribution in [1.82, 2.24) is 29.4 Å². The average Bonchev–Trinajstić information content (AvgIpc) is 3.21. The average molecular weight is 453 g/mol. The van der Waals surface area contributed by atoms with Gasteiger partial charge in [-0.3, -0.25) is 9.59 Å². The van der Waals surface area contributed by atoms with Crippen molar-refractivity contribution in [3.05, 3.63) is 29.8 Å². The minimum atomic E-state index is -3.67. The van der Waals surface area contributed by atoms with E-state index in [2.05, 4.69) is 15.5 Å². The van der Waals surface area contributed by atoms with Gasteiger partial charge in [-0.15, -0.1) is 5.10 Å². The Morgan fingerprint density at radius 3 is 2.30 bits per heavy atom. The predicted octanol–water partition coefficient (Wildman–Crippen LogP) is 1.08. The Balaban J connectivity index is 1.56. The van der Waals surface area contributed by atoms with Crippen LogP contribution in [0.25, 0.3) is 0 Å². The first kappa shape index (κ1) is 22.4. The molecule has 2 aromatic rings. The van der Waals surface area contributed by atoms with Gasteiger partial charge >= 0.3 is 0 Å². The van der Waals surface area contributed by atoms with E-state index >= 15 is 0 Å². The molecule has 0 bridgehead atoms. The topological polar surface area (TPSA) is 118 Å². The van der Waals surface area contributed by atoms with Gasteiger partial charge in [0.1, 0.15) is 0 Å². The van der Waals surface area contributed by atoms with Crippen molar-refractivity contribution >= 4 is 33.5 Å². The lowest BCUT2D eigenvalue weighted by atomic mass is 10.2. The van der Waals surface area contributed by atoms with Crippen molar-refractivity contribution in [2.75, 3.05) is 31.9 Å². The van der Waals surface area contributed by atoms with Crippen molar-refractivity contribution in [2.45, 2.75) is 36.9 Å². The number of thioether (sulfide) groups is 1. The minimum absolute atomic E-state index is 0.0823. The molecule has 0 aliphatic carbocycles. The van der Waals surface area contributed by atoms with Crippen molar-refractivity contribution in [2.24, 2.45) is 0 Å². The van der Waals surface area contributed by atoms with Crippen LogP contribution in [-0.2, 0) is 14.8 Å². The van der Waals surface area contributed by atoms with E-state index < -0.39 is 10.0 Å². The molecule has 1 amide bonds. The molecule has 0 atom stereocenters. The second-order valence-electron chi connectivity index (χ2n) is 7.15. The Hall–Kier alpha value is -2.31. The van der Waals surface area contributed by atoms with Crippen LogP contribution in [0.4, 0.5) is 0 Å². The van der Waals surface area contributed by atoms with E-state index in [-0.39, 0.29) is 41.5 Å². The highest BCUT2D eigenvalue weighted by Crippen LogP contribution is 2.21. The molecule has 12 heteroatoms. The number of nitrogens with zero attached hydrogens (tertiary/aromatic N) is 6. The summed E-state index contributed by atoms with van der Waals surface area (Å²) in [4.78, 5) is 25.7. The van der Waals surface area contributed by atoms with Gasteiger partial charge in [-0.1, -0.05) is 23.9 Å². The lowest BCUT2D eigenvalue weighted by Crippen LogP contribution is -2.51. The van der Waals surface area contributed by atoms with Gasteiger partial charge in [0.25, 0.3) is 0 Å². The SMILES string of the molecule is CC(=O)c1ccc(S(=O)(=O)N2CCN(C(=O)CSc3nnnn3C(C)C)CC2)cc1. The lowest BCUT2D eigenvalue weighted by Gasteiger charge is -2.34. The van der Waals surface area contributed by atoms with Crippen LogP contribution < -0.4 is 0 Å². The Kier molecular flexibility index (Phi) is 6.88. The molecular weight excluding hydrogens is 428 g/mol. The molecule has 3 rings (SSSR count). The van der Waals surface area contributed by atoms with Gasteiger partial charge in [0.2, 0.25) is 21.1 Å². The summed E-state index contributed by atoms with van der Waals surface area (Å²) in [6.45, 7) is 6.42. The number of hydrogen-bond acceptors (Lipinski definition) is 8.